The third-order valence-corrected chi connectivity index (χ3v) is 4.84. The van der Waals surface area contributed by atoms with E-state index < -0.39 is 0 Å². The predicted octanol–water partition coefficient (Wildman–Crippen LogP) is 4.88. The molecule has 3 aromatic rings. The molecular formula is C20H19ClN2. The highest BCUT2D eigenvalue weighted by Gasteiger charge is 2.20. The summed E-state index contributed by atoms with van der Waals surface area (Å²) in [6, 6.07) is 16.7. The lowest BCUT2D eigenvalue weighted by molar-refractivity contribution is 0.678. The number of aryl methyl sites for hydroxylation is 1. The molecule has 23 heavy (non-hydrogen) atoms. The predicted molar refractivity (Wildman–Crippen MR) is 97.4 cm³/mol. The summed E-state index contributed by atoms with van der Waals surface area (Å²) in [5.74, 6) is 0. The van der Waals surface area contributed by atoms with Gasteiger partial charge in [0.15, 0.2) is 0 Å². The van der Waals surface area contributed by atoms with Gasteiger partial charge in [0.25, 0.3) is 0 Å². The Balaban J connectivity index is 1.64. The lowest BCUT2D eigenvalue weighted by Crippen LogP contribution is -2.32. The molecular weight excluding hydrogens is 304 g/mol. The fourth-order valence-corrected chi connectivity index (χ4v) is 3.54. The molecule has 0 spiro atoms. The molecule has 0 saturated carbocycles. The second-order valence-corrected chi connectivity index (χ2v) is 6.54. The van der Waals surface area contributed by atoms with Crippen LogP contribution in [0.2, 0.25) is 5.02 Å². The van der Waals surface area contributed by atoms with Crippen molar-refractivity contribution >= 4 is 28.1 Å². The minimum absolute atomic E-state index is 0.798. The highest BCUT2D eigenvalue weighted by Crippen LogP contribution is 2.33. The van der Waals surface area contributed by atoms with E-state index in [1.165, 1.54) is 34.1 Å². The van der Waals surface area contributed by atoms with Crippen LogP contribution in [0, 0.1) is 0 Å². The molecule has 116 valence electrons. The van der Waals surface area contributed by atoms with Crippen molar-refractivity contribution in [3.8, 4) is 0 Å². The molecule has 0 fully saturated rings. The van der Waals surface area contributed by atoms with Crippen LogP contribution in [0.4, 0.5) is 5.69 Å². The van der Waals surface area contributed by atoms with Gasteiger partial charge >= 0.3 is 0 Å². The molecule has 0 amide bonds. The van der Waals surface area contributed by atoms with Gasteiger partial charge in [0.1, 0.15) is 0 Å². The number of anilines is 1. The summed E-state index contributed by atoms with van der Waals surface area (Å²) in [7, 11) is 0. The van der Waals surface area contributed by atoms with E-state index in [4.69, 9.17) is 16.6 Å². The number of pyridine rings is 1. The third-order valence-electron chi connectivity index (χ3n) is 4.59. The maximum atomic E-state index is 5.97. The first-order valence-electron chi connectivity index (χ1n) is 8.17. The average Bonchev–Trinajstić information content (AvgIpc) is 2.61. The topological polar surface area (TPSA) is 16.1 Å². The molecule has 2 heterocycles. The zero-order chi connectivity index (χ0) is 15.6. The summed E-state index contributed by atoms with van der Waals surface area (Å²) in [6.07, 6.45) is 5.30. The lowest BCUT2D eigenvalue weighted by atomic mass is 10.0. The molecule has 0 saturated heterocycles. The fraction of sp³-hybridized carbons (Fsp3) is 0.250. The average molecular weight is 323 g/mol. The van der Waals surface area contributed by atoms with Crippen LogP contribution in [0.5, 0.6) is 0 Å². The summed E-state index contributed by atoms with van der Waals surface area (Å²) in [4.78, 5) is 7.21. The maximum Gasteiger partial charge on any atom is 0.0665 e. The van der Waals surface area contributed by atoms with Crippen LogP contribution in [0.1, 0.15) is 17.7 Å². The van der Waals surface area contributed by atoms with Gasteiger partial charge in [0.05, 0.1) is 11.4 Å². The molecule has 3 heteroatoms. The molecule has 0 bridgehead atoms. The fourth-order valence-electron chi connectivity index (χ4n) is 3.41. The summed E-state index contributed by atoms with van der Waals surface area (Å²) >= 11 is 5.97. The van der Waals surface area contributed by atoms with Crippen LogP contribution in [-0.4, -0.2) is 18.1 Å². The molecule has 4 rings (SSSR count). The Bertz CT molecular complexity index is 827. The van der Waals surface area contributed by atoms with Gasteiger partial charge in [-0.25, -0.2) is 0 Å². The first-order valence-corrected chi connectivity index (χ1v) is 8.55. The Labute approximate surface area is 141 Å². The highest BCUT2D eigenvalue weighted by molar-refractivity contribution is 6.30. The van der Waals surface area contributed by atoms with E-state index in [1.807, 2.05) is 18.3 Å². The Morgan fingerprint density at radius 2 is 1.87 bits per heavy atom. The van der Waals surface area contributed by atoms with Gasteiger partial charge in [0.2, 0.25) is 0 Å². The van der Waals surface area contributed by atoms with Crippen molar-refractivity contribution in [2.24, 2.45) is 0 Å². The number of hydrogen-bond donors (Lipinski definition) is 0. The molecule has 0 unspecified atom stereocenters. The summed E-state index contributed by atoms with van der Waals surface area (Å²) < 4.78 is 0. The molecule has 1 aliphatic rings. The Morgan fingerprint density at radius 3 is 2.74 bits per heavy atom. The maximum absolute atomic E-state index is 5.97. The molecule has 2 aromatic carbocycles. The van der Waals surface area contributed by atoms with E-state index in [0.29, 0.717) is 0 Å². The zero-order valence-electron chi connectivity index (χ0n) is 13.0. The van der Waals surface area contributed by atoms with Gasteiger partial charge in [-0.2, -0.15) is 0 Å². The summed E-state index contributed by atoms with van der Waals surface area (Å²) in [6.45, 7) is 2.13. The molecule has 0 N–H and O–H groups in total. The van der Waals surface area contributed by atoms with Crippen LogP contribution in [0.3, 0.4) is 0 Å². The van der Waals surface area contributed by atoms with Crippen molar-refractivity contribution in [1.29, 1.82) is 0 Å². The van der Waals surface area contributed by atoms with Gasteiger partial charge in [-0.3, -0.25) is 4.98 Å². The number of rotatable bonds is 3. The normalized spacial score (nSPS) is 14.0. The van der Waals surface area contributed by atoms with Crippen LogP contribution in [0.25, 0.3) is 10.8 Å². The van der Waals surface area contributed by atoms with E-state index in [9.17, 15) is 0 Å². The van der Waals surface area contributed by atoms with Crippen LogP contribution in [0.15, 0.2) is 54.7 Å². The zero-order valence-corrected chi connectivity index (χ0v) is 13.8. The molecule has 0 atom stereocenters. The Hall–Kier alpha value is -2.06. The molecule has 2 nitrogen and oxygen atoms in total. The lowest BCUT2D eigenvalue weighted by Gasteiger charge is -2.32. The highest BCUT2D eigenvalue weighted by atomic mass is 35.5. The van der Waals surface area contributed by atoms with E-state index in [-0.39, 0.29) is 0 Å². The van der Waals surface area contributed by atoms with Gasteiger partial charge in [-0.1, -0.05) is 48.0 Å². The van der Waals surface area contributed by atoms with Crippen molar-refractivity contribution < 1.29 is 0 Å². The smallest absolute Gasteiger partial charge is 0.0665 e. The van der Waals surface area contributed by atoms with E-state index in [2.05, 4.69) is 41.3 Å². The molecule has 1 aliphatic heterocycles. The first-order chi connectivity index (χ1) is 11.3. The van der Waals surface area contributed by atoms with E-state index in [1.54, 1.807) is 0 Å². The summed E-state index contributed by atoms with van der Waals surface area (Å²) in [5.41, 5.74) is 3.91. The van der Waals surface area contributed by atoms with E-state index >= 15 is 0 Å². The second kappa shape index (κ2) is 6.21. The van der Waals surface area contributed by atoms with Gasteiger partial charge < -0.3 is 4.90 Å². The van der Waals surface area contributed by atoms with Crippen LogP contribution >= 0.6 is 11.6 Å². The molecule has 0 aliphatic carbocycles. The summed E-state index contributed by atoms with van der Waals surface area (Å²) in [5, 5.41) is 3.35. The number of aromatic nitrogens is 1. The standard InChI is InChI=1S/C20H19ClN2/c21-17-9-7-15(8-10-17)11-13-23-12-3-6-19-20(23)18-5-2-1-4-16(18)14-22-19/h1-2,4-5,7-10,14H,3,6,11-13H2. The Morgan fingerprint density at radius 1 is 1.04 bits per heavy atom. The molecule has 0 radical (unpaired) electrons. The van der Waals surface area contributed by atoms with E-state index in [0.717, 1.165) is 31.0 Å². The van der Waals surface area contributed by atoms with Crippen molar-refractivity contribution in [1.82, 2.24) is 4.98 Å². The monoisotopic (exact) mass is 322 g/mol. The van der Waals surface area contributed by atoms with Crippen molar-refractivity contribution in [2.45, 2.75) is 19.3 Å². The van der Waals surface area contributed by atoms with Gasteiger partial charge in [0, 0.05) is 35.1 Å². The quantitative estimate of drug-likeness (QED) is 0.683. The third kappa shape index (κ3) is 2.91. The molecule has 1 aromatic heterocycles. The van der Waals surface area contributed by atoms with Crippen molar-refractivity contribution in [3.63, 3.8) is 0 Å². The number of halogens is 1. The van der Waals surface area contributed by atoms with Crippen LogP contribution in [-0.2, 0) is 12.8 Å². The number of benzene rings is 2. The van der Waals surface area contributed by atoms with Crippen molar-refractivity contribution in [3.05, 3.63) is 71.0 Å². The van der Waals surface area contributed by atoms with Gasteiger partial charge in [-0.05, 0) is 37.0 Å². The number of hydrogen-bond acceptors (Lipinski definition) is 2. The minimum atomic E-state index is 0.798. The number of nitrogens with zero attached hydrogens (tertiary/aromatic N) is 2. The van der Waals surface area contributed by atoms with Crippen molar-refractivity contribution in [2.75, 3.05) is 18.0 Å². The minimum Gasteiger partial charge on any atom is -0.369 e. The van der Waals surface area contributed by atoms with Gasteiger partial charge in [-0.15, -0.1) is 0 Å². The largest absolute Gasteiger partial charge is 0.369 e. The number of fused-ring (bicyclic) bond motifs is 3. The SMILES string of the molecule is Clc1ccc(CCN2CCCc3ncc4ccccc4c32)cc1. The second-order valence-electron chi connectivity index (χ2n) is 6.11. The first kappa shape index (κ1) is 14.5. The van der Waals surface area contributed by atoms with Crippen LogP contribution < -0.4 is 4.90 Å². The Kier molecular flexibility index (Phi) is 3.92.